The summed E-state index contributed by atoms with van der Waals surface area (Å²) in [7, 11) is 4.50. The van der Waals surface area contributed by atoms with Crippen LogP contribution in [0.25, 0.3) is 0 Å². The molecule has 0 atom stereocenters. The fourth-order valence-electron chi connectivity index (χ4n) is 3.38. The number of hydrogen-bond donors (Lipinski definition) is 1. The van der Waals surface area contributed by atoms with Crippen LogP contribution in [-0.2, 0) is 22.4 Å². The molecule has 0 unspecified atom stereocenters. The molecule has 3 aromatic rings. The predicted octanol–water partition coefficient (Wildman–Crippen LogP) is 5.37. The van der Waals surface area contributed by atoms with Gasteiger partial charge in [-0.15, -0.1) is 0 Å². The molecular formula is C25H23Cl3N4O4. The lowest BCUT2D eigenvalue weighted by molar-refractivity contribution is -0.117. The summed E-state index contributed by atoms with van der Waals surface area (Å²) in [6, 6.07) is 8.39. The van der Waals surface area contributed by atoms with Crippen molar-refractivity contribution in [2.45, 2.75) is 12.8 Å². The summed E-state index contributed by atoms with van der Waals surface area (Å²) >= 11 is 19.2. The molecular weight excluding hydrogens is 527 g/mol. The zero-order valence-corrected chi connectivity index (χ0v) is 22.0. The highest BCUT2D eigenvalue weighted by atomic mass is 35.5. The number of methoxy groups -OCH3 is 2. The first-order valence-corrected chi connectivity index (χ1v) is 11.7. The first-order chi connectivity index (χ1) is 17.2. The molecule has 2 aromatic carbocycles. The lowest BCUT2D eigenvalue weighted by atomic mass is 10.1. The van der Waals surface area contributed by atoms with E-state index in [1.807, 2.05) is 0 Å². The van der Waals surface area contributed by atoms with Crippen molar-refractivity contribution in [3.05, 3.63) is 81.2 Å². The van der Waals surface area contributed by atoms with Crippen molar-refractivity contribution in [3.63, 3.8) is 0 Å². The number of nitrogens with zero attached hydrogens (tertiary/aromatic N) is 3. The van der Waals surface area contributed by atoms with Crippen LogP contribution >= 0.6 is 34.8 Å². The molecule has 188 valence electrons. The molecule has 8 nitrogen and oxygen atoms in total. The van der Waals surface area contributed by atoms with E-state index in [-0.39, 0.29) is 34.7 Å². The highest BCUT2D eigenvalue weighted by Crippen LogP contribution is 2.40. The average molecular weight is 550 g/mol. The lowest BCUT2D eigenvalue weighted by Crippen LogP contribution is -2.29. The Kier molecular flexibility index (Phi) is 9.14. The van der Waals surface area contributed by atoms with Gasteiger partial charge in [-0.3, -0.25) is 14.5 Å². The van der Waals surface area contributed by atoms with Gasteiger partial charge in [0.2, 0.25) is 11.8 Å². The van der Waals surface area contributed by atoms with Crippen LogP contribution in [0.2, 0.25) is 15.1 Å². The predicted molar refractivity (Wildman–Crippen MR) is 142 cm³/mol. The number of nitrogens with one attached hydrogen (secondary N) is 1. The summed E-state index contributed by atoms with van der Waals surface area (Å²) in [4.78, 5) is 34.9. The summed E-state index contributed by atoms with van der Waals surface area (Å²) < 4.78 is 10.5. The molecule has 0 fully saturated rings. The van der Waals surface area contributed by atoms with Gasteiger partial charge in [-0.2, -0.15) is 0 Å². The van der Waals surface area contributed by atoms with Crippen molar-refractivity contribution < 1.29 is 19.1 Å². The Bertz CT molecular complexity index is 1290. The molecule has 0 bridgehead atoms. The van der Waals surface area contributed by atoms with Gasteiger partial charge in [0.05, 0.1) is 36.4 Å². The number of benzene rings is 2. The maximum Gasteiger partial charge on any atom is 0.247 e. The number of rotatable bonds is 9. The van der Waals surface area contributed by atoms with E-state index in [0.717, 1.165) is 0 Å². The summed E-state index contributed by atoms with van der Waals surface area (Å²) in [5.74, 6) is 0.351. The smallest absolute Gasteiger partial charge is 0.247 e. The second-order valence-corrected chi connectivity index (χ2v) is 8.68. The van der Waals surface area contributed by atoms with Gasteiger partial charge < -0.3 is 14.8 Å². The molecule has 0 saturated carbocycles. The Morgan fingerprint density at radius 1 is 1.06 bits per heavy atom. The maximum absolute atomic E-state index is 13.1. The topological polar surface area (TPSA) is 93.7 Å². The van der Waals surface area contributed by atoms with Crippen molar-refractivity contribution in [2.24, 2.45) is 0 Å². The third kappa shape index (κ3) is 6.07. The molecule has 0 spiro atoms. The van der Waals surface area contributed by atoms with Crippen molar-refractivity contribution >= 4 is 58.1 Å². The van der Waals surface area contributed by atoms with Crippen LogP contribution in [0.4, 0.5) is 11.5 Å². The minimum atomic E-state index is -0.362. The quantitative estimate of drug-likeness (QED) is 0.361. The molecule has 1 aromatic heterocycles. The number of anilines is 2. The van der Waals surface area contributed by atoms with Crippen molar-refractivity contribution in [3.8, 4) is 11.5 Å². The van der Waals surface area contributed by atoms with Gasteiger partial charge in [0.1, 0.15) is 23.6 Å². The highest BCUT2D eigenvalue weighted by molar-refractivity contribution is 6.38. The summed E-state index contributed by atoms with van der Waals surface area (Å²) in [6.45, 7) is 3.47. The third-order valence-corrected chi connectivity index (χ3v) is 6.52. The van der Waals surface area contributed by atoms with Gasteiger partial charge in [0.25, 0.3) is 0 Å². The van der Waals surface area contributed by atoms with Crippen molar-refractivity contribution in [1.82, 2.24) is 9.97 Å². The molecule has 0 aliphatic heterocycles. The SMILES string of the molecule is C=CC(=O)Nc1cccc(Cl)c1Cc1cc(N(C)C(=O)Cc2c(Cl)c(OC)cc(OC)c2Cl)ncn1. The lowest BCUT2D eigenvalue weighted by Gasteiger charge is -2.19. The summed E-state index contributed by atoms with van der Waals surface area (Å²) in [6.07, 6.45) is 2.68. The van der Waals surface area contributed by atoms with Crippen LogP contribution in [-0.4, -0.2) is 43.0 Å². The van der Waals surface area contributed by atoms with Crippen LogP contribution < -0.4 is 19.7 Å². The standard InChI is InChI=1S/C25H23Cl3N4O4/c1-5-22(33)31-18-8-6-7-17(26)15(18)9-14-10-21(30-13-29-14)32(2)23(34)11-16-24(27)19(35-3)12-20(36-4)25(16)28/h5-8,10,12-13H,1,9,11H2,2-4H3,(H,31,33). The van der Waals surface area contributed by atoms with Gasteiger partial charge in [-0.05, 0) is 18.2 Å². The molecule has 0 aliphatic carbocycles. The molecule has 36 heavy (non-hydrogen) atoms. The Morgan fingerprint density at radius 3 is 2.33 bits per heavy atom. The van der Waals surface area contributed by atoms with Gasteiger partial charge in [-0.1, -0.05) is 47.4 Å². The number of carbonyl (C=O) groups excluding carboxylic acids is 2. The fourth-order valence-corrected chi connectivity index (χ4v) is 4.25. The van der Waals surface area contributed by atoms with Gasteiger partial charge in [-0.25, -0.2) is 9.97 Å². The minimum Gasteiger partial charge on any atom is -0.495 e. The number of likely N-dealkylation sites (N-methyl/N-ethyl adjacent to an activating group) is 1. The Balaban J connectivity index is 1.86. The van der Waals surface area contributed by atoms with E-state index in [2.05, 4.69) is 21.9 Å². The van der Waals surface area contributed by atoms with Crippen LogP contribution in [0.1, 0.15) is 16.8 Å². The monoisotopic (exact) mass is 548 g/mol. The molecule has 0 radical (unpaired) electrons. The normalized spacial score (nSPS) is 10.5. The fraction of sp³-hybridized carbons (Fsp3) is 0.200. The van der Waals surface area contributed by atoms with Crippen LogP contribution in [0.3, 0.4) is 0 Å². The number of hydrogen-bond acceptors (Lipinski definition) is 6. The van der Waals surface area contributed by atoms with E-state index in [1.165, 1.54) is 31.5 Å². The third-order valence-electron chi connectivity index (χ3n) is 5.34. The van der Waals surface area contributed by atoms with E-state index < -0.39 is 0 Å². The van der Waals surface area contributed by atoms with E-state index in [0.29, 0.717) is 44.8 Å². The van der Waals surface area contributed by atoms with E-state index in [4.69, 9.17) is 44.3 Å². The Morgan fingerprint density at radius 2 is 1.72 bits per heavy atom. The maximum atomic E-state index is 13.1. The highest BCUT2D eigenvalue weighted by Gasteiger charge is 2.22. The van der Waals surface area contributed by atoms with Crippen LogP contribution in [0, 0.1) is 0 Å². The van der Waals surface area contributed by atoms with Crippen molar-refractivity contribution in [1.29, 1.82) is 0 Å². The number of aromatic nitrogens is 2. The first-order valence-electron chi connectivity index (χ1n) is 10.6. The van der Waals surface area contributed by atoms with E-state index in [9.17, 15) is 9.59 Å². The van der Waals surface area contributed by atoms with Crippen molar-refractivity contribution in [2.75, 3.05) is 31.5 Å². The molecule has 3 rings (SSSR count). The van der Waals surface area contributed by atoms with E-state index >= 15 is 0 Å². The number of carbonyl (C=O) groups is 2. The second-order valence-electron chi connectivity index (χ2n) is 7.52. The molecule has 11 heteroatoms. The van der Waals surface area contributed by atoms with Gasteiger partial charge in [0, 0.05) is 47.4 Å². The molecule has 2 amide bonds. The molecule has 0 aliphatic rings. The van der Waals surface area contributed by atoms with Gasteiger partial charge >= 0.3 is 0 Å². The molecule has 1 N–H and O–H groups in total. The number of halogens is 3. The molecule has 0 saturated heterocycles. The van der Waals surface area contributed by atoms with Gasteiger partial charge in [0.15, 0.2) is 0 Å². The summed E-state index contributed by atoms with van der Waals surface area (Å²) in [5, 5.41) is 3.64. The van der Waals surface area contributed by atoms with Crippen LogP contribution in [0.15, 0.2) is 49.3 Å². The molecule has 1 heterocycles. The number of ether oxygens (including phenoxy) is 2. The Labute approximate surface area is 223 Å². The second kappa shape index (κ2) is 12.1. The van der Waals surface area contributed by atoms with E-state index in [1.54, 1.807) is 37.4 Å². The first kappa shape index (κ1) is 27.3. The summed E-state index contributed by atoms with van der Waals surface area (Å²) in [5.41, 5.74) is 2.16. The van der Waals surface area contributed by atoms with Crippen LogP contribution in [0.5, 0.6) is 11.5 Å². The largest absolute Gasteiger partial charge is 0.495 e. The zero-order chi connectivity index (χ0) is 26.4. The zero-order valence-electron chi connectivity index (χ0n) is 19.8. The minimum absolute atomic E-state index is 0.122. The number of amides is 2. The average Bonchev–Trinajstić information content (AvgIpc) is 2.88. The Hall–Kier alpha value is -3.33.